The largest absolute Gasteiger partial charge is 0.316 e. The molecule has 2 heterocycles. The highest BCUT2D eigenvalue weighted by molar-refractivity contribution is 8.16. The lowest BCUT2D eigenvalue weighted by Gasteiger charge is -2.24. The third kappa shape index (κ3) is 3.37. The molecular weight excluding hydrogens is 344 g/mol. The number of hydrogen-bond donors (Lipinski definition) is 0. The number of aryl methyl sites for hydroxylation is 1. The van der Waals surface area contributed by atoms with Crippen molar-refractivity contribution in [2.24, 2.45) is 10.9 Å². The van der Waals surface area contributed by atoms with E-state index in [0.717, 1.165) is 17.7 Å². The summed E-state index contributed by atoms with van der Waals surface area (Å²) in [5, 5.41) is 0.578. The molecule has 2 aliphatic heterocycles. The molecule has 7 heteroatoms. The van der Waals surface area contributed by atoms with Crippen molar-refractivity contribution in [1.82, 2.24) is 0 Å². The van der Waals surface area contributed by atoms with Crippen LogP contribution in [0.4, 0.5) is 5.69 Å². The van der Waals surface area contributed by atoms with E-state index in [1.807, 2.05) is 49.9 Å². The van der Waals surface area contributed by atoms with Crippen LogP contribution >= 0.6 is 11.8 Å². The predicted molar refractivity (Wildman–Crippen MR) is 99.4 cm³/mol. The number of aliphatic imine (C=N–C) groups is 1. The number of rotatable bonds is 3. The average Bonchev–Trinajstić information content (AvgIpc) is 2.98. The van der Waals surface area contributed by atoms with Gasteiger partial charge in [-0.15, -0.1) is 0 Å². The molecular formula is C17H22N2O3S2. The van der Waals surface area contributed by atoms with E-state index in [9.17, 15) is 13.2 Å². The number of amidine groups is 1. The zero-order chi connectivity index (χ0) is 17.5. The van der Waals surface area contributed by atoms with Gasteiger partial charge in [0.05, 0.1) is 17.5 Å². The molecule has 0 aliphatic carbocycles. The molecule has 3 rings (SSSR count). The highest BCUT2D eigenvalue weighted by Gasteiger charge is 2.49. The average molecular weight is 367 g/mol. The summed E-state index contributed by atoms with van der Waals surface area (Å²) < 4.78 is 24.0. The number of hydrogen-bond acceptors (Lipinski definition) is 4. The molecule has 1 aromatic carbocycles. The SMILES string of the molecule is CC[C@@H](C)C(=O)N=C1S[C@H]2CS(=O)(=O)C[C@H]2N1c1ccc(C)cc1. The van der Waals surface area contributed by atoms with E-state index in [1.165, 1.54) is 11.8 Å². The minimum atomic E-state index is -3.03. The van der Waals surface area contributed by atoms with Gasteiger partial charge in [-0.2, -0.15) is 4.99 Å². The van der Waals surface area contributed by atoms with Gasteiger partial charge in [0, 0.05) is 16.9 Å². The highest BCUT2D eigenvalue weighted by Crippen LogP contribution is 2.41. The maximum absolute atomic E-state index is 12.3. The van der Waals surface area contributed by atoms with E-state index >= 15 is 0 Å². The van der Waals surface area contributed by atoms with Crippen LogP contribution in [0.15, 0.2) is 29.3 Å². The van der Waals surface area contributed by atoms with Crippen LogP contribution in [0.1, 0.15) is 25.8 Å². The van der Waals surface area contributed by atoms with Crippen molar-refractivity contribution in [1.29, 1.82) is 0 Å². The quantitative estimate of drug-likeness (QED) is 0.823. The summed E-state index contributed by atoms with van der Waals surface area (Å²) in [5.74, 6) is 0.0122. The molecule has 0 radical (unpaired) electrons. The maximum Gasteiger partial charge on any atom is 0.250 e. The van der Waals surface area contributed by atoms with Gasteiger partial charge in [0.2, 0.25) is 0 Å². The van der Waals surface area contributed by atoms with Crippen molar-refractivity contribution >= 4 is 38.4 Å². The fraction of sp³-hybridized carbons (Fsp3) is 0.529. The first-order valence-corrected chi connectivity index (χ1v) is 10.9. The van der Waals surface area contributed by atoms with E-state index in [4.69, 9.17) is 0 Å². The molecule has 130 valence electrons. The van der Waals surface area contributed by atoms with Gasteiger partial charge in [-0.3, -0.25) is 4.79 Å². The summed E-state index contributed by atoms with van der Waals surface area (Å²) in [6.45, 7) is 5.84. The Kier molecular flexibility index (Phi) is 4.75. The van der Waals surface area contributed by atoms with E-state index in [1.54, 1.807) is 0 Å². The number of thioether (sulfide) groups is 1. The van der Waals surface area contributed by atoms with Crippen LogP contribution in [-0.4, -0.2) is 42.3 Å². The summed E-state index contributed by atoms with van der Waals surface area (Å²) in [6, 6.07) is 7.76. The van der Waals surface area contributed by atoms with Gasteiger partial charge >= 0.3 is 0 Å². The summed E-state index contributed by atoms with van der Waals surface area (Å²) in [6.07, 6.45) is 0.742. The second kappa shape index (κ2) is 6.52. The molecule has 0 bridgehead atoms. The number of sulfone groups is 1. The minimum Gasteiger partial charge on any atom is -0.316 e. The van der Waals surface area contributed by atoms with Crippen molar-refractivity contribution in [2.75, 3.05) is 16.4 Å². The molecule has 2 aliphatic rings. The lowest BCUT2D eigenvalue weighted by Crippen LogP contribution is -2.37. The Balaban J connectivity index is 1.98. The molecule has 1 aromatic rings. The molecule has 1 amide bonds. The van der Waals surface area contributed by atoms with E-state index in [2.05, 4.69) is 4.99 Å². The third-order valence-corrected chi connectivity index (χ3v) is 7.83. The van der Waals surface area contributed by atoms with Gasteiger partial charge in [-0.25, -0.2) is 8.42 Å². The van der Waals surface area contributed by atoms with Gasteiger partial charge < -0.3 is 4.90 Å². The first kappa shape index (κ1) is 17.5. The molecule has 5 nitrogen and oxygen atoms in total. The Morgan fingerprint density at radius 2 is 2.00 bits per heavy atom. The molecule has 0 unspecified atom stereocenters. The molecule has 3 atom stereocenters. The van der Waals surface area contributed by atoms with E-state index in [0.29, 0.717) is 5.17 Å². The number of amides is 1. The first-order chi connectivity index (χ1) is 11.3. The number of anilines is 1. The number of benzene rings is 1. The number of carbonyl (C=O) groups is 1. The van der Waals surface area contributed by atoms with Crippen molar-refractivity contribution in [3.63, 3.8) is 0 Å². The lowest BCUT2D eigenvalue weighted by atomic mass is 10.1. The van der Waals surface area contributed by atoms with Gasteiger partial charge in [0.1, 0.15) is 0 Å². The minimum absolute atomic E-state index is 0.0558. The fourth-order valence-corrected chi connectivity index (χ4v) is 6.87. The van der Waals surface area contributed by atoms with Crippen molar-refractivity contribution < 1.29 is 13.2 Å². The second-order valence-corrected chi connectivity index (χ2v) is 9.91. The molecule has 0 N–H and O–H groups in total. The van der Waals surface area contributed by atoms with Crippen LogP contribution in [0.5, 0.6) is 0 Å². The normalized spacial score (nSPS) is 28.1. The smallest absolute Gasteiger partial charge is 0.250 e. The second-order valence-electron chi connectivity index (χ2n) is 6.55. The Bertz CT molecular complexity index is 772. The molecule has 2 saturated heterocycles. The molecule has 0 saturated carbocycles. The van der Waals surface area contributed by atoms with Gasteiger partial charge in [0.15, 0.2) is 15.0 Å². The molecule has 2 fully saturated rings. The van der Waals surface area contributed by atoms with Crippen LogP contribution < -0.4 is 4.90 Å². The van der Waals surface area contributed by atoms with Crippen LogP contribution in [0, 0.1) is 12.8 Å². The summed E-state index contributed by atoms with van der Waals surface area (Å²) in [4.78, 5) is 18.5. The van der Waals surface area contributed by atoms with Gasteiger partial charge in [0.25, 0.3) is 5.91 Å². The molecule has 24 heavy (non-hydrogen) atoms. The zero-order valence-corrected chi connectivity index (χ0v) is 15.7. The Morgan fingerprint density at radius 3 is 2.62 bits per heavy atom. The lowest BCUT2D eigenvalue weighted by molar-refractivity contribution is -0.121. The van der Waals surface area contributed by atoms with Crippen molar-refractivity contribution in [3.05, 3.63) is 29.8 Å². The monoisotopic (exact) mass is 366 g/mol. The predicted octanol–water partition coefficient (Wildman–Crippen LogP) is 2.64. The van der Waals surface area contributed by atoms with E-state index < -0.39 is 9.84 Å². The van der Waals surface area contributed by atoms with Crippen molar-refractivity contribution in [3.8, 4) is 0 Å². The summed E-state index contributed by atoms with van der Waals surface area (Å²) in [5.41, 5.74) is 2.03. The topological polar surface area (TPSA) is 66.8 Å². The highest BCUT2D eigenvalue weighted by atomic mass is 32.2. The van der Waals surface area contributed by atoms with Crippen LogP contribution in [0.25, 0.3) is 0 Å². The third-order valence-electron chi connectivity index (χ3n) is 4.62. The zero-order valence-electron chi connectivity index (χ0n) is 14.1. The standard InChI is InChI=1S/C17H22N2O3S2/c1-4-12(3)16(20)18-17-19(13-7-5-11(2)6-8-13)14-9-24(21,22)10-15(14)23-17/h5-8,12,14-15H,4,9-10H2,1-3H3/t12-,14-,15+/m1/s1. The van der Waals surface area contributed by atoms with E-state index in [-0.39, 0.29) is 34.6 Å². The van der Waals surface area contributed by atoms with Crippen LogP contribution in [0.3, 0.4) is 0 Å². The van der Waals surface area contributed by atoms with Crippen molar-refractivity contribution in [2.45, 2.75) is 38.5 Å². The maximum atomic E-state index is 12.3. The molecule has 0 aromatic heterocycles. The summed E-state index contributed by atoms with van der Waals surface area (Å²) in [7, 11) is -3.03. The Hall–Kier alpha value is -1.34. The first-order valence-electron chi connectivity index (χ1n) is 8.16. The Labute approximate surface area is 147 Å². The molecule has 0 spiro atoms. The Morgan fingerprint density at radius 1 is 1.33 bits per heavy atom. The number of carbonyl (C=O) groups excluding carboxylic acids is 1. The van der Waals surface area contributed by atoms with Gasteiger partial charge in [-0.05, 0) is 25.5 Å². The summed E-state index contributed by atoms with van der Waals surface area (Å²) >= 11 is 1.42. The fourth-order valence-electron chi connectivity index (χ4n) is 2.95. The number of nitrogens with zero attached hydrogens (tertiary/aromatic N) is 2. The van der Waals surface area contributed by atoms with Crippen LogP contribution in [0.2, 0.25) is 0 Å². The van der Waals surface area contributed by atoms with Crippen LogP contribution in [-0.2, 0) is 14.6 Å². The van der Waals surface area contributed by atoms with Gasteiger partial charge in [-0.1, -0.05) is 43.3 Å². The number of fused-ring (bicyclic) bond motifs is 1.